The van der Waals surface area contributed by atoms with Crippen LogP contribution in [0.25, 0.3) is 10.4 Å². The molecule has 0 radical (unpaired) electrons. The molecular formula is C19H16F2N2O2S. The zero-order chi connectivity index (χ0) is 18.8. The molecule has 26 heavy (non-hydrogen) atoms. The largest absolute Gasteiger partial charge is 0.387 e. The average Bonchev–Trinajstić information content (AvgIpc) is 2.99. The first-order chi connectivity index (χ1) is 12.4. The second kappa shape index (κ2) is 7.31. The van der Waals surface area contributed by atoms with Gasteiger partial charge in [-0.25, -0.2) is 13.8 Å². The number of hydrogen-bond acceptors (Lipinski definition) is 4. The van der Waals surface area contributed by atoms with Gasteiger partial charge in [-0.05, 0) is 31.5 Å². The number of aliphatic hydroxyl groups is 1. The number of anilines is 1. The highest BCUT2D eigenvalue weighted by Crippen LogP contribution is 2.36. The van der Waals surface area contributed by atoms with Gasteiger partial charge in [0, 0.05) is 0 Å². The summed E-state index contributed by atoms with van der Waals surface area (Å²) in [4.78, 5) is 17.2. The molecule has 0 bridgehead atoms. The Balaban J connectivity index is 1.97. The Kier molecular flexibility index (Phi) is 5.11. The minimum Gasteiger partial charge on any atom is -0.387 e. The number of aromatic nitrogens is 1. The molecule has 3 rings (SSSR count). The molecule has 0 fully saturated rings. The normalized spacial score (nSPS) is 12.0. The molecule has 0 aliphatic rings. The maximum atomic E-state index is 13.8. The van der Waals surface area contributed by atoms with Crippen LogP contribution in [0.2, 0.25) is 0 Å². The third kappa shape index (κ3) is 3.63. The highest BCUT2D eigenvalue weighted by molar-refractivity contribution is 7.19. The Morgan fingerprint density at radius 1 is 1.19 bits per heavy atom. The molecule has 0 aliphatic carbocycles. The number of amides is 1. The summed E-state index contributed by atoms with van der Waals surface area (Å²) in [6.07, 6.45) is -0.863. The van der Waals surface area contributed by atoms with Crippen molar-refractivity contribution in [2.75, 3.05) is 5.32 Å². The number of benzene rings is 2. The fourth-order valence-corrected chi connectivity index (χ4v) is 3.58. The van der Waals surface area contributed by atoms with Crippen LogP contribution in [0.15, 0.2) is 42.5 Å². The van der Waals surface area contributed by atoms with Crippen molar-refractivity contribution in [3.63, 3.8) is 0 Å². The lowest BCUT2D eigenvalue weighted by Crippen LogP contribution is -2.15. The number of halogens is 2. The maximum absolute atomic E-state index is 13.8. The van der Waals surface area contributed by atoms with E-state index in [-0.39, 0.29) is 5.13 Å². The van der Waals surface area contributed by atoms with E-state index in [4.69, 9.17) is 0 Å². The van der Waals surface area contributed by atoms with E-state index in [1.54, 1.807) is 6.92 Å². The van der Waals surface area contributed by atoms with Gasteiger partial charge in [-0.3, -0.25) is 10.1 Å². The Morgan fingerprint density at radius 2 is 1.85 bits per heavy atom. The lowest BCUT2D eigenvalue weighted by molar-refractivity contribution is 0.101. The van der Waals surface area contributed by atoms with E-state index in [2.05, 4.69) is 10.3 Å². The number of rotatable bonds is 4. The summed E-state index contributed by atoms with van der Waals surface area (Å²) >= 11 is 1.14. The highest BCUT2D eigenvalue weighted by Gasteiger charge is 2.21. The van der Waals surface area contributed by atoms with Crippen molar-refractivity contribution >= 4 is 22.4 Å². The molecule has 0 saturated heterocycles. The van der Waals surface area contributed by atoms with Crippen LogP contribution in [0.4, 0.5) is 13.9 Å². The number of thiazole rings is 1. The molecule has 4 nitrogen and oxygen atoms in total. The van der Waals surface area contributed by atoms with Crippen molar-refractivity contribution < 1.29 is 18.7 Å². The van der Waals surface area contributed by atoms with Crippen LogP contribution in [0.1, 0.15) is 34.6 Å². The van der Waals surface area contributed by atoms with Gasteiger partial charge in [0.05, 0.1) is 16.7 Å². The standard InChI is InChI=1S/C19H16F2N2O2S/c1-10-5-3-6-12(9-10)17-16(11(2)24)22-19(26-17)23-18(25)15-13(20)7-4-8-14(15)21/h3-9,11,24H,1-2H3,(H,22,23,25). The van der Waals surface area contributed by atoms with E-state index >= 15 is 0 Å². The number of aliphatic hydroxyl groups excluding tert-OH is 1. The van der Waals surface area contributed by atoms with E-state index < -0.39 is 29.2 Å². The second-order valence-electron chi connectivity index (χ2n) is 5.83. The van der Waals surface area contributed by atoms with Crippen molar-refractivity contribution in [3.05, 3.63) is 70.9 Å². The van der Waals surface area contributed by atoms with E-state index in [0.29, 0.717) is 10.6 Å². The quantitative estimate of drug-likeness (QED) is 0.696. The summed E-state index contributed by atoms with van der Waals surface area (Å²) in [5.74, 6) is -2.83. The lowest BCUT2D eigenvalue weighted by atomic mass is 10.1. The first-order valence-electron chi connectivity index (χ1n) is 7.88. The minimum absolute atomic E-state index is 0.157. The van der Waals surface area contributed by atoms with Crippen LogP contribution < -0.4 is 5.32 Å². The topological polar surface area (TPSA) is 62.2 Å². The van der Waals surface area contributed by atoms with E-state index in [9.17, 15) is 18.7 Å². The number of carbonyl (C=O) groups excluding carboxylic acids is 1. The summed E-state index contributed by atoms with van der Waals surface area (Å²) < 4.78 is 27.5. The predicted octanol–water partition coefficient (Wildman–Crippen LogP) is 4.70. The van der Waals surface area contributed by atoms with Gasteiger partial charge < -0.3 is 5.11 Å². The number of nitrogens with zero attached hydrogens (tertiary/aromatic N) is 1. The molecule has 1 amide bonds. The molecule has 2 N–H and O–H groups in total. The van der Waals surface area contributed by atoms with Crippen LogP contribution >= 0.6 is 11.3 Å². The molecule has 1 aromatic heterocycles. The van der Waals surface area contributed by atoms with Crippen LogP contribution in [-0.4, -0.2) is 16.0 Å². The molecule has 0 saturated carbocycles. The monoisotopic (exact) mass is 374 g/mol. The zero-order valence-corrected chi connectivity index (χ0v) is 14.9. The first kappa shape index (κ1) is 18.2. The first-order valence-corrected chi connectivity index (χ1v) is 8.69. The van der Waals surface area contributed by atoms with Gasteiger partial charge >= 0.3 is 0 Å². The van der Waals surface area contributed by atoms with Crippen LogP contribution in [0.3, 0.4) is 0 Å². The molecule has 1 heterocycles. The van der Waals surface area contributed by atoms with Gasteiger partial charge in [-0.2, -0.15) is 0 Å². The van der Waals surface area contributed by atoms with Crippen LogP contribution in [-0.2, 0) is 0 Å². The zero-order valence-electron chi connectivity index (χ0n) is 14.1. The van der Waals surface area contributed by atoms with E-state index in [1.807, 2.05) is 31.2 Å². The summed E-state index contributed by atoms with van der Waals surface area (Å²) in [5.41, 5.74) is 1.60. The van der Waals surface area contributed by atoms with Crippen LogP contribution in [0, 0.1) is 18.6 Å². The summed E-state index contributed by atoms with van der Waals surface area (Å²) in [6.45, 7) is 3.51. The number of nitrogens with one attached hydrogen (secondary N) is 1. The average molecular weight is 374 g/mol. The SMILES string of the molecule is Cc1cccc(-c2sc(NC(=O)c3c(F)cccc3F)nc2C(C)O)c1. The minimum atomic E-state index is -0.950. The molecule has 1 unspecified atom stereocenters. The molecular weight excluding hydrogens is 358 g/mol. The van der Waals surface area contributed by atoms with Gasteiger partial charge in [0.15, 0.2) is 5.13 Å². The molecule has 0 spiro atoms. The van der Waals surface area contributed by atoms with Gasteiger partial charge in [-0.15, -0.1) is 0 Å². The molecule has 7 heteroatoms. The third-order valence-electron chi connectivity index (χ3n) is 3.74. The fourth-order valence-electron chi connectivity index (χ4n) is 2.54. The Hall–Kier alpha value is -2.64. The smallest absolute Gasteiger partial charge is 0.263 e. The predicted molar refractivity (Wildman–Crippen MR) is 97.2 cm³/mol. The second-order valence-corrected chi connectivity index (χ2v) is 6.83. The van der Waals surface area contributed by atoms with E-state index in [0.717, 1.165) is 34.6 Å². The van der Waals surface area contributed by atoms with Crippen LogP contribution in [0.5, 0.6) is 0 Å². The molecule has 0 aliphatic heterocycles. The van der Waals surface area contributed by atoms with E-state index in [1.165, 1.54) is 6.07 Å². The van der Waals surface area contributed by atoms with Crippen molar-refractivity contribution in [1.82, 2.24) is 4.98 Å². The van der Waals surface area contributed by atoms with Crippen molar-refractivity contribution in [3.8, 4) is 10.4 Å². The van der Waals surface area contributed by atoms with Gasteiger partial charge in [0.25, 0.3) is 5.91 Å². The highest BCUT2D eigenvalue weighted by atomic mass is 32.1. The van der Waals surface area contributed by atoms with Gasteiger partial charge in [0.1, 0.15) is 17.2 Å². The number of carbonyl (C=O) groups is 1. The summed E-state index contributed by atoms with van der Waals surface area (Å²) in [7, 11) is 0. The Labute approximate surface area is 153 Å². The lowest BCUT2D eigenvalue weighted by Gasteiger charge is -2.05. The Morgan fingerprint density at radius 3 is 2.46 bits per heavy atom. The molecule has 134 valence electrons. The molecule has 3 aromatic rings. The fraction of sp³-hybridized carbons (Fsp3) is 0.158. The maximum Gasteiger partial charge on any atom is 0.263 e. The third-order valence-corrected chi connectivity index (χ3v) is 4.78. The number of hydrogen-bond donors (Lipinski definition) is 2. The van der Waals surface area contributed by atoms with Gasteiger partial charge in [-0.1, -0.05) is 47.2 Å². The van der Waals surface area contributed by atoms with Gasteiger partial charge in [0.2, 0.25) is 0 Å². The van der Waals surface area contributed by atoms with Crippen molar-refractivity contribution in [2.24, 2.45) is 0 Å². The molecule has 1 atom stereocenters. The summed E-state index contributed by atoms with van der Waals surface area (Å²) in [5, 5.41) is 12.6. The van der Waals surface area contributed by atoms with Crippen molar-refractivity contribution in [2.45, 2.75) is 20.0 Å². The molecule has 2 aromatic carbocycles. The summed E-state index contributed by atoms with van der Waals surface area (Å²) in [6, 6.07) is 10.8. The Bertz CT molecular complexity index is 950. The number of aryl methyl sites for hydroxylation is 1. The van der Waals surface area contributed by atoms with Crippen molar-refractivity contribution in [1.29, 1.82) is 0 Å².